The van der Waals surface area contributed by atoms with Gasteiger partial charge in [-0.1, -0.05) is 0 Å². The van der Waals surface area contributed by atoms with E-state index in [1.54, 1.807) is 0 Å². The summed E-state index contributed by atoms with van der Waals surface area (Å²) in [5.41, 5.74) is 0. The molecule has 1 aliphatic rings. The van der Waals surface area contributed by atoms with Crippen LogP contribution in [0.1, 0.15) is 32.6 Å². The van der Waals surface area contributed by atoms with Gasteiger partial charge in [0, 0.05) is 32.5 Å². The van der Waals surface area contributed by atoms with Crippen LogP contribution in [-0.2, 0) is 9.47 Å². The van der Waals surface area contributed by atoms with E-state index >= 15 is 0 Å². The number of nitrogens with one attached hydrogen (secondary N) is 1. The summed E-state index contributed by atoms with van der Waals surface area (Å²) in [5.74, 6) is 0.737. The predicted octanol–water partition coefficient (Wildman–Crippen LogP) is 1.82. The van der Waals surface area contributed by atoms with Crippen LogP contribution < -0.4 is 5.32 Å². The lowest BCUT2D eigenvalue weighted by Gasteiger charge is -2.21. The average Bonchev–Trinajstić information content (AvgIpc) is 2.29. The van der Waals surface area contributed by atoms with Crippen molar-refractivity contribution >= 4 is 0 Å². The summed E-state index contributed by atoms with van der Waals surface area (Å²) in [7, 11) is 2.01. The molecule has 3 heteroatoms. The summed E-state index contributed by atoms with van der Waals surface area (Å²) >= 11 is 0. The summed E-state index contributed by atoms with van der Waals surface area (Å²) in [5, 5.41) is 3.23. The fourth-order valence-electron chi connectivity index (χ4n) is 1.80. The molecule has 15 heavy (non-hydrogen) atoms. The number of rotatable bonds is 7. The number of ether oxygens (including phenoxy) is 2. The van der Waals surface area contributed by atoms with Crippen molar-refractivity contribution in [2.75, 3.05) is 33.5 Å². The Morgan fingerprint density at radius 3 is 2.80 bits per heavy atom. The molecule has 0 radical (unpaired) electrons. The van der Waals surface area contributed by atoms with Gasteiger partial charge in [-0.15, -0.1) is 0 Å². The first-order valence-electron chi connectivity index (χ1n) is 6.15. The topological polar surface area (TPSA) is 30.5 Å². The maximum absolute atomic E-state index is 5.68. The van der Waals surface area contributed by atoms with E-state index in [4.69, 9.17) is 9.47 Å². The van der Waals surface area contributed by atoms with Gasteiger partial charge in [0.2, 0.25) is 0 Å². The molecule has 1 rings (SSSR count). The Hall–Kier alpha value is -0.120. The molecule has 1 saturated heterocycles. The minimum atomic E-state index is 0.608. The van der Waals surface area contributed by atoms with Gasteiger partial charge in [-0.05, 0) is 45.6 Å². The van der Waals surface area contributed by atoms with Gasteiger partial charge in [0.1, 0.15) is 0 Å². The zero-order valence-corrected chi connectivity index (χ0v) is 10.1. The molecule has 0 aromatic carbocycles. The van der Waals surface area contributed by atoms with Crippen LogP contribution in [0.15, 0.2) is 0 Å². The Morgan fingerprint density at radius 1 is 1.40 bits per heavy atom. The SMILES string of the molecule is CNC(C)CCCOCC1CCOCC1. The molecule has 0 spiro atoms. The highest BCUT2D eigenvalue weighted by Gasteiger charge is 2.13. The molecule has 0 aromatic heterocycles. The third-order valence-corrected chi connectivity index (χ3v) is 3.11. The Balaban J connectivity index is 1.87. The summed E-state index contributed by atoms with van der Waals surface area (Å²) in [6, 6.07) is 0.608. The van der Waals surface area contributed by atoms with Crippen molar-refractivity contribution in [1.29, 1.82) is 0 Å². The molecule has 1 heterocycles. The summed E-state index contributed by atoms with van der Waals surface area (Å²) in [6.45, 7) is 5.88. The Kier molecular flexibility index (Phi) is 6.98. The monoisotopic (exact) mass is 215 g/mol. The number of hydrogen-bond acceptors (Lipinski definition) is 3. The summed E-state index contributed by atoms with van der Waals surface area (Å²) < 4.78 is 11.0. The second kappa shape index (κ2) is 8.08. The van der Waals surface area contributed by atoms with Gasteiger partial charge >= 0.3 is 0 Å². The van der Waals surface area contributed by atoms with Crippen molar-refractivity contribution in [3.63, 3.8) is 0 Å². The van der Waals surface area contributed by atoms with Gasteiger partial charge in [-0.2, -0.15) is 0 Å². The zero-order valence-electron chi connectivity index (χ0n) is 10.1. The first-order valence-corrected chi connectivity index (χ1v) is 6.15. The average molecular weight is 215 g/mol. The van der Waals surface area contributed by atoms with Crippen LogP contribution in [0.3, 0.4) is 0 Å². The first kappa shape index (κ1) is 12.9. The van der Waals surface area contributed by atoms with E-state index in [1.807, 2.05) is 7.05 Å². The maximum atomic E-state index is 5.68. The molecule has 0 aliphatic carbocycles. The van der Waals surface area contributed by atoms with Gasteiger partial charge in [0.05, 0.1) is 0 Å². The van der Waals surface area contributed by atoms with Crippen LogP contribution in [0.2, 0.25) is 0 Å². The Bertz CT molecular complexity index is 147. The van der Waals surface area contributed by atoms with Gasteiger partial charge in [-0.25, -0.2) is 0 Å². The van der Waals surface area contributed by atoms with Crippen molar-refractivity contribution in [2.24, 2.45) is 5.92 Å². The van der Waals surface area contributed by atoms with Crippen LogP contribution in [0.5, 0.6) is 0 Å². The largest absolute Gasteiger partial charge is 0.381 e. The minimum absolute atomic E-state index is 0.608. The Morgan fingerprint density at radius 2 is 2.13 bits per heavy atom. The molecule has 1 unspecified atom stereocenters. The lowest BCUT2D eigenvalue weighted by atomic mass is 10.0. The fourth-order valence-corrected chi connectivity index (χ4v) is 1.80. The van der Waals surface area contributed by atoms with Gasteiger partial charge in [-0.3, -0.25) is 0 Å². The quantitative estimate of drug-likeness (QED) is 0.657. The lowest BCUT2D eigenvalue weighted by Crippen LogP contribution is -2.22. The Labute approximate surface area is 93.5 Å². The third-order valence-electron chi connectivity index (χ3n) is 3.11. The molecular weight excluding hydrogens is 190 g/mol. The molecule has 1 fully saturated rings. The van der Waals surface area contributed by atoms with Gasteiger partial charge < -0.3 is 14.8 Å². The molecule has 1 aliphatic heterocycles. The van der Waals surface area contributed by atoms with Crippen molar-refractivity contribution in [3.8, 4) is 0 Å². The van der Waals surface area contributed by atoms with Crippen molar-refractivity contribution < 1.29 is 9.47 Å². The van der Waals surface area contributed by atoms with Crippen LogP contribution >= 0.6 is 0 Å². The van der Waals surface area contributed by atoms with E-state index in [0.29, 0.717) is 6.04 Å². The van der Waals surface area contributed by atoms with E-state index in [-0.39, 0.29) is 0 Å². The van der Waals surface area contributed by atoms with Crippen LogP contribution in [0, 0.1) is 5.92 Å². The first-order chi connectivity index (χ1) is 7.33. The molecule has 0 aromatic rings. The highest BCUT2D eigenvalue weighted by Crippen LogP contribution is 2.14. The highest BCUT2D eigenvalue weighted by atomic mass is 16.5. The normalized spacial score (nSPS) is 20.4. The van der Waals surface area contributed by atoms with Gasteiger partial charge in [0.15, 0.2) is 0 Å². The minimum Gasteiger partial charge on any atom is -0.381 e. The van der Waals surface area contributed by atoms with E-state index in [9.17, 15) is 0 Å². The molecule has 90 valence electrons. The van der Waals surface area contributed by atoms with E-state index < -0.39 is 0 Å². The van der Waals surface area contributed by atoms with Crippen LogP contribution in [0.4, 0.5) is 0 Å². The summed E-state index contributed by atoms with van der Waals surface area (Å²) in [4.78, 5) is 0. The lowest BCUT2D eigenvalue weighted by molar-refractivity contribution is 0.0196. The summed E-state index contributed by atoms with van der Waals surface area (Å²) in [6.07, 6.45) is 4.70. The van der Waals surface area contributed by atoms with Crippen molar-refractivity contribution in [2.45, 2.75) is 38.6 Å². The standard InChI is InChI=1S/C12H25NO2/c1-11(13-2)4-3-7-15-10-12-5-8-14-9-6-12/h11-13H,3-10H2,1-2H3. The molecule has 1 N–H and O–H groups in total. The third kappa shape index (κ3) is 6.13. The molecule has 0 amide bonds. The zero-order chi connectivity index (χ0) is 10.9. The molecular formula is C12H25NO2. The number of hydrogen-bond donors (Lipinski definition) is 1. The molecule has 3 nitrogen and oxygen atoms in total. The highest BCUT2D eigenvalue weighted by molar-refractivity contribution is 4.62. The van der Waals surface area contributed by atoms with Crippen LogP contribution in [-0.4, -0.2) is 39.5 Å². The van der Waals surface area contributed by atoms with Crippen LogP contribution in [0.25, 0.3) is 0 Å². The predicted molar refractivity (Wildman–Crippen MR) is 62.1 cm³/mol. The van der Waals surface area contributed by atoms with E-state index in [1.165, 1.54) is 19.3 Å². The maximum Gasteiger partial charge on any atom is 0.0495 e. The van der Waals surface area contributed by atoms with E-state index in [2.05, 4.69) is 12.2 Å². The second-order valence-electron chi connectivity index (χ2n) is 4.46. The smallest absolute Gasteiger partial charge is 0.0495 e. The van der Waals surface area contributed by atoms with E-state index in [0.717, 1.165) is 38.8 Å². The van der Waals surface area contributed by atoms with Gasteiger partial charge in [0.25, 0.3) is 0 Å². The molecule has 1 atom stereocenters. The van der Waals surface area contributed by atoms with Crippen molar-refractivity contribution in [3.05, 3.63) is 0 Å². The fraction of sp³-hybridized carbons (Fsp3) is 1.00. The molecule has 0 bridgehead atoms. The second-order valence-corrected chi connectivity index (χ2v) is 4.46. The van der Waals surface area contributed by atoms with Crippen molar-refractivity contribution in [1.82, 2.24) is 5.32 Å². The molecule has 0 saturated carbocycles.